The summed E-state index contributed by atoms with van der Waals surface area (Å²) in [5.74, 6) is 0.731. The number of nitrogens with two attached hydrogens (primary N) is 2. The molecule has 3 saturated carbocycles. The zero-order valence-electron chi connectivity index (χ0n) is 85.0. The number of aliphatic hydroxyl groups excluding tert-OH is 1. The van der Waals surface area contributed by atoms with Crippen molar-refractivity contribution in [1.29, 1.82) is 0 Å². The van der Waals surface area contributed by atoms with Crippen LogP contribution in [0, 0.1) is 43.8 Å². The second kappa shape index (κ2) is 66.5. The lowest BCUT2D eigenvalue weighted by atomic mass is 9.86. The molecule has 9 aliphatic rings. The number of rotatable bonds is 29. The quantitative estimate of drug-likeness (QED) is 0.0111. The molecule has 0 spiro atoms. The first kappa shape index (κ1) is 114. The molecule has 0 amide bonds. The van der Waals surface area contributed by atoms with Gasteiger partial charge in [0.05, 0.1) is 61.4 Å². The molecular weight excluding hydrogens is 1950 g/mol. The molecule has 0 atom stereocenters. The number of nitro benzene ring substituents is 2. The van der Waals surface area contributed by atoms with Crippen LogP contribution in [0.25, 0.3) is 33.1 Å². The number of carbonyl (C=O) groups is 3. The number of nitro groups is 2. The number of likely N-dealkylation sites (tertiary alicyclic amines) is 6. The van der Waals surface area contributed by atoms with E-state index in [0.29, 0.717) is 35.0 Å². The number of piperidine rings is 6. The maximum Gasteiger partial charge on any atom is 0.329 e. The van der Waals surface area contributed by atoms with E-state index in [1.807, 2.05) is 133 Å². The highest BCUT2D eigenvalue weighted by Crippen LogP contribution is 2.30. The van der Waals surface area contributed by atoms with Crippen LogP contribution in [0.1, 0.15) is 244 Å². The Morgan fingerprint density at radius 3 is 1.06 bits per heavy atom. The zero-order valence-corrected chi connectivity index (χ0v) is 87.7. The SMILES string of the molecule is CCO.NCCN1CCCCC1.Nc1ccccc1CCCN1CCCCC1.O=C(CBr)C1CCCCC1.O=C(Cn1c(=O)n(CCN2CCCCC2)c2ccccc21)C1CCCCC1.O=C(Cn1c(=O)n(CCN2CCCCC2)c2ccccc21)C1CCCCC1.O=[N+]([O-])c1ccccc1CCCN1CCCCC1.O=[N+]([O-])c1ccccc1F.O=c1[nH]c2ccccc2n1CCN1CCCCC1.[2H]CI. The van der Waals surface area contributed by atoms with Crippen molar-refractivity contribution in [3.63, 3.8) is 0 Å². The number of aliphatic hydroxyl groups is 1. The Labute approximate surface area is 854 Å². The van der Waals surface area contributed by atoms with Crippen LogP contribution in [0.5, 0.6) is 0 Å². The number of aromatic amines is 1. The second-order valence-electron chi connectivity index (χ2n) is 38.7. The highest BCUT2D eigenvalue weighted by atomic mass is 127. The lowest BCUT2D eigenvalue weighted by Gasteiger charge is -2.26. The largest absolute Gasteiger partial charge is 0.399 e. The molecule has 772 valence electrons. The summed E-state index contributed by atoms with van der Waals surface area (Å²) in [6.07, 6.45) is 45.1. The van der Waals surface area contributed by atoms with Crippen molar-refractivity contribution >= 4 is 106 Å². The minimum Gasteiger partial charge on any atom is -0.399 e. The summed E-state index contributed by atoms with van der Waals surface area (Å²) in [6.45, 7) is 26.0. The Morgan fingerprint density at radius 2 is 0.700 bits per heavy atom. The number of nitrogens with one attached hydrogen (secondary N) is 1. The third-order valence-electron chi connectivity index (χ3n) is 28.7. The molecule has 140 heavy (non-hydrogen) atoms. The molecule has 9 fully saturated rings. The second-order valence-corrected chi connectivity index (χ2v) is 39.2. The van der Waals surface area contributed by atoms with Crippen LogP contribution in [0.4, 0.5) is 21.5 Å². The fourth-order valence-electron chi connectivity index (χ4n) is 20.8. The average molecular weight is 2110 g/mol. The van der Waals surface area contributed by atoms with E-state index >= 15 is 0 Å². The number of halogens is 3. The van der Waals surface area contributed by atoms with Gasteiger partial charge < -0.3 is 51.0 Å². The van der Waals surface area contributed by atoms with Crippen molar-refractivity contribution in [2.75, 3.05) is 147 Å². The summed E-state index contributed by atoms with van der Waals surface area (Å²) in [6, 6.07) is 44.0. The number of nitrogens with zero attached hydrogens (tertiary/aromatic N) is 13. The Hall–Kier alpha value is -8.44. The van der Waals surface area contributed by atoms with E-state index in [0.717, 1.165) is 212 Å². The van der Waals surface area contributed by atoms with Crippen LogP contribution in [-0.2, 0) is 59.9 Å². The Bertz CT molecular complexity index is 5120. The summed E-state index contributed by atoms with van der Waals surface area (Å²) < 4.78 is 27.6. The van der Waals surface area contributed by atoms with E-state index in [-0.39, 0.29) is 70.8 Å². The standard InChI is InChI=1S/2C22H31N3O2.C14H19N3O.C14H20N2O2.C14H22N2.C8H13BrO.C7H16N2.C6H4FNO2.C2H6O.CH3I/c2*26-21(18-9-3-1-4-10-18)17-25-20-12-6-5-11-19(20)24(22(25)27)16-15-23-13-7-2-8-14-23;18-14-15-12-6-2-3-7-13(12)17(14)11-10-16-8-4-1-5-9-16;17-16(18)14-9-3-2-7-13(14)8-6-12-15-10-4-1-5-11-15;15-14-9-3-2-7-13(14)8-6-12-16-10-4-1-5-11-16;9-6-8(10)7-4-2-1-3-5-7;8-4-7-9-5-2-1-3-6-9;7-5-3-1-2-4-6(5)8(9)10;1-2-3;1-2/h2*5-6,11-12,18H,1-4,7-10,13-17H2;2-3,6-7H,1,4-5,8-11H2,(H,15,18);2-3,7,9H,1,4-6,8,10-12H2;2-3,7,9H,1,4-6,8,10-12,15H2;7H,1-6H2;1-8H2;1-4H;3H,2H2,1H3;1H3/i;;;;;;;;;1D. The zero-order chi connectivity index (χ0) is 101. The minimum atomic E-state index is -0.799. The molecular formula is C110H165BrFIN16O11. The number of alkyl halides is 2. The highest BCUT2D eigenvalue weighted by molar-refractivity contribution is 14.1. The summed E-state index contributed by atoms with van der Waals surface area (Å²) in [4.78, 5) is 113. The number of Topliss-reactive ketones (excluding diaryl/α,β-unsaturated/α-hetero) is 3. The number of aromatic nitrogens is 6. The Kier molecular flexibility index (Phi) is 53.9. The number of fused-ring (bicyclic) bond motifs is 3. The smallest absolute Gasteiger partial charge is 0.329 e. The highest BCUT2D eigenvalue weighted by Gasteiger charge is 2.28. The number of aryl methyl sites for hydroxylation is 2. The average Bonchev–Trinajstić information content (AvgIpc) is 1.63. The number of para-hydroxylation sites is 9. The molecule has 30 heteroatoms. The van der Waals surface area contributed by atoms with Crippen LogP contribution in [-0.4, -0.2) is 231 Å². The number of H-pyrrole nitrogens is 1. The molecule has 0 bridgehead atoms. The maximum atomic E-state index is 13.1. The number of nitrogen functional groups attached to an aromatic ring is 1. The van der Waals surface area contributed by atoms with Gasteiger partial charge >= 0.3 is 22.8 Å². The summed E-state index contributed by atoms with van der Waals surface area (Å²) >= 11 is 5.16. The topological polar surface area (TPSA) is 321 Å². The Morgan fingerprint density at radius 1 is 0.407 bits per heavy atom. The van der Waals surface area contributed by atoms with Crippen molar-refractivity contribution in [3.8, 4) is 0 Å². The van der Waals surface area contributed by atoms with Crippen molar-refractivity contribution in [2.24, 2.45) is 23.5 Å². The predicted molar refractivity (Wildman–Crippen MR) is 581 cm³/mol. The predicted octanol–water partition coefficient (Wildman–Crippen LogP) is 20.1. The van der Waals surface area contributed by atoms with E-state index in [1.165, 1.54) is 231 Å². The molecule has 9 heterocycles. The van der Waals surface area contributed by atoms with Crippen molar-refractivity contribution in [2.45, 2.75) is 277 Å². The minimum absolute atomic E-state index is 0.00760. The summed E-state index contributed by atoms with van der Waals surface area (Å²) in [5, 5.41) is 29.0. The Balaban J connectivity index is 0.000000183. The molecule has 6 aliphatic heterocycles. The molecule has 6 saturated heterocycles. The van der Waals surface area contributed by atoms with E-state index in [1.54, 1.807) is 28.2 Å². The molecule has 27 nitrogen and oxygen atoms in total. The molecule has 3 aliphatic carbocycles. The molecule has 0 radical (unpaired) electrons. The van der Waals surface area contributed by atoms with E-state index in [4.69, 9.17) is 17.9 Å². The lowest BCUT2D eigenvalue weighted by molar-refractivity contribution is -0.387. The number of carbonyl (C=O) groups excluding carboxylic acids is 3. The molecule has 6 aromatic carbocycles. The van der Waals surface area contributed by atoms with Crippen LogP contribution in [0.15, 0.2) is 160 Å². The van der Waals surface area contributed by atoms with Gasteiger partial charge in [-0.25, -0.2) is 14.4 Å². The molecule has 0 unspecified atom stereocenters. The number of imidazole rings is 3. The first-order chi connectivity index (χ1) is 68.8. The van der Waals surface area contributed by atoms with Crippen LogP contribution >= 0.6 is 38.5 Å². The number of benzene rings is 6. The third kappa shape index (κ3) is 39.3. The van der Waals surface area contributed by atoms with Crippen molar-refractivity contribution < 1.29 is 35.1 Å². The summed E-state index contributed by atoms with van der Waals surface area (Å²) in [7, 11) is 0. The van der Waals surface area contributed by atoms with Crippen LogP contribution < -0.4 is 28.5 Å². The van der Waals surface area contributed by atoms with Gasteiger partial charge in [-0.05, 0) is 299 Å². The van der Waals surface area contributed by atoms with Crippen LogP contribution in [0.2, 0.25) is 0 Å². The van der Waals surface area contributed by atoms with Gasteiger partial charge in [0.2, 0.25) is 5.82 Å². The first-order valence-electron chi connectivity index (χ1n) is 53.6. The van der Waals surface area contributed by atoms with Gasteiger partial charge in [-0.15, -0.1) is 0 Å². The lowest BCUT2D eigenvalue weighted by Crippen LogP contribution is -2.35. The number of ketones is 3. The van der Waals surface area contributed by atoms with Crippen molar-refractivity contribution in [3.05, 3.63) is 214 Å². The van der Waals surface area contributed by atoms with Gasteiger partial charge in [0, 0.05) is 101 Å². The molecule has 3 aromatic heterocycles. The first-order valence-corrected chi connectivity index (χ1v) is 55.5. The van der Waals surface area contributed by atoms with E-state index < -0.39 is 16.4 Å². The van der Waals surface area contributed by atoms with Gasteiger partial charge in [-0.1, -0.05) is 220 Å². The molecule has 9 aromatic rings. The number of hydrogen-bond donors (Lipinski definition) is 4. The summed E-state index contributed by atoms with van der Waals surface area (Å²) in [5.41, 5.74) is 19.8. The number of hydrogen-bond acceptors (Lipinski definition) is 19. The maximum absolute atomic E-state index is 13.1. The number of anilines is 1. The third-order valence-corrected chi connectivity index (χ3v) is 29.2. The van der Waals surface area contributed by atoms with E-state index in [2.05, 4.69) is 62.4 Å². The fourth-order valence-corrected chi connectivity index (χ4v) is 21.3. The van der Waals surface area contributed by atoms with Gasteiger partial charge in [0.25, 0.3) is 5.69 Å². The monoisotopic (exact) mass is 2110 g/mol. The van der Waals surface area contributed by atoms with Gasteiger partial charge in [0.15, 0.2) is 11.6 Å². The van der Waals surface area contributed by atoms with Crippen LogP contribution in [0.3, 0.4) is 0 Å². The van der Waals surface area contributed by atoms with Gasteiger partial charge in [-0.3, -0.25) is 57.4 Å². The van der Waals surface area contributed by atoms with Crippen molar-refractivity contribution in [1.82, 2.24) is 57.2 Å². The molecule has 6 N–H and O–H groups in total. The van der Waals surface area contributed by atoms with E-state index in [9.17, 15) is 53.4 Å². The fraction of sp³-hybridized carbons (Fsp3) is 0.618. The van der Waals surface area contributed by atoms with Gasteiger partial charge in [-0.2, -0.15) is 4.39 Å². The normalized spacial score (nSPS) is 17.8. The van der Waals surface area contributed by atoms with Gasteiger partial charge in [0.1, 0.15) is 5.78 Å². The molecule has 18 rings (SSSR count).